The second-order valence-corrected chi connectivity index (χ2v) is 4.58. The van der Waals surface area contributed by atoms with Gasteiger partial charge in [0.15, 0.2) is 0 Å². The quantitative estimate of drug-likeness (QED) is 0.502. The number of nitro groups is 1. The van der Waals surface area contributed by atoms with E-state index < -0.39 is 4.92 Å². The number of hydrogen-bond acceptors (Lipinski definition) is 5. The van der Waals surface area contributed by atoms with Crippen molar-refractivity contribution in [3.8, 4) is 0 Å². The second kappa shape index (κ2) is 6.19. The summed E-state index contributed by atoms with van der Waals surface area (Å²) in [5, 5.41) is 10.8. The molecule has 2 aromatic rings. The van der Waals surface area contributed by atoms with E-state index in [0.29, 0.717) is 23.5 Å². The van der Waals surface area contributed by atoms with Crippen LogP contribution in [0.25, 0.3) is 0 Å². The largest absolute Gasteiger partial charge is 0.370 e. The van der Waals surface area contributed by atoms with E-state index in [4.69, 9.17) is 5.84 Å². The number of rotatable bonds is 5. The van der Waals surface area contributed by atoms with Gasteiger partial charge < -0.3 is 10.3 Å². The summed E-state index contributed by atoms with van der Waals surface area (Å²) in [5.74, 6) is 5.08. The van der Waals surface area contributed by atoms with Crippen molar-refractivity contribution in [1.29, 1.82) is 0 Å². The number of anilines is 2. The number of halogens is 1. The maximum Gasteiger partial charge on any atom is 0.269 e. The van der Waals surface area contributed by atoms with Crippen molar-refractivity contribution in [3.05, 3.63) is 64.0 Å². The van der Waals surface area contributed by atoms with E-state index in [1.165, 1.54) is 24.3 Å². The molecule has 0 fully saturated rings. The maximum absolute atomic E-state index is 13.2. The Labute approximate surface area is 121 Å². The highest BCUT2D eigenvalue weighted by Gasteiger charge is 2.12. The number of hydrazine groups is 1. The minimum absolute atomic E-state index is 0.0170. The molecule has 2 rings (SSSR count). The number of non-ortho nitro benzene ring substituents is 1. The Morgan fingerprint density at radius 2 is 2.10 bits per heavy atom. The molecule has 0 aliphatic rings. The molecule has 21 heavy (non-hydrogen) atoms. The van der Waals surface area contributed by atoms with Gasteiger partial charge in [-0.15, -0.1) is 0 Å². The lowest BCUT2D eigenvalue weighted by atomic mass is 10.1. The van der Waals surface area contributed by atoms with Gasteiger partial charge in [0.2, 0.25) is 0 Å². The smallest absolute Gasteiger partial charge is 0.269 e. The summed E-state index contributed by atoms with van der Waals surface area (Å²) in [6, 6.07) is 10.5. The zero-order valence-corrected chi connectivity index (χ0v) is 11.4. The second-order valence-electron chi connectivity index (χ2n) is 4.58. The van der Waals surface area contributed by atoms with Crippen molar-refractivity contribution >= 4 is 17.1 Å². The van der Waals surface area contributed by atoms with Crippen molar-refractivity contribution in [1.82, 2.24) is 0 Å². The number of benzene rings is 2. The van der Waals surface area contributed by atoms with Crippen LogP contribution in [0.3, 0.4) is 0 Å². The van der Waals surface area contributed by atoms with Crippen LogP contribution >= 0.6 is 0 Å². The average molecular weight is 290 g/mol. The van der Waals surface area contributed by atoms with Crippen LogP contribution in [0.1, 0.15) is 5.56 Å². The van der Waals surface area contributed by atoms with Gasteiger partial charge in [0.1, 0.15) is 5.82 Å². The first-order chi connectivity index (χ1) is 10.0. The van der Waals surface area contributed by atoms with Crippen LogP contribution in [-0.2, 0) is 6.54 Å². The lowest BCUT2D eigenvalue weighted by Gasteiger charge is -2.21. The van der Waals surface area contributed by atoms with Crippen LogP contribution in [0.4, 0.5) is 21.5 Å². The Hall–Kier alpha value is -2.67. The van der Waals surface area contributed by atoms with Gasteiger partial charge in [0.25, 0.3) is 5.69 Å². The highest BCUT2D eigenvalue weighted by molar-refractivity contribution is 5.57. The highest BCUT2D eigenvalue weighted by atomic mass is 19.1. The summed E-state index contributed by atoms with van der Waals surface area (Å²) in [6.07, 6.45) is 0. The van der Waals surface area contributed by atoms with Crippen molar-refractivity contribution in [2.45, 2.75) is 6.54 Å². The van der Waals surface area contributed by atoms with E-state index in [0.717, 1.165) is 0 Å². The number of hydrogen-bond donors (Lipinski definition) is 2. The molecule has 0 aliphatic carbocycles. The predicted octanol–water partition coefficient (Wildman–Crippen LogP) is 2.66. The van der Waals surface area contributed by atoms with E-state index in [9.17, 15) is 14.5 Å². The minimum Gasteiger partial charge on any atom is -0.370 e. The molecule has 0 heterocycles. The Balaban J connectivity index is 2.29. The number of nitro benzene ring substituents is 1. The number of nitrogens with one attached hydrogen (secondary N) is 1. The third-order valence-corrected chi connectivity index (χ3v) is 3.11. The molecule has 0 spiro atoms. The molecule has 0 amide bonds. The molecule has 0 radical (unpaired) electrons. The average Bonchev–Trinajstić information content (AvgIpc) is 2.47. The lowest BCUT2D eigenvalue weighted by Crippen LogP contribution is -2.19. The summed E-state index contributed by atoms with van der Waals surface area (Å²) in [4.78, 5) is 12.2. The molecule has 0 aromatic heterocycles. The van der Waals surface area contributed by atoms with Crippen LogP contribution in [0.2, 0.25) is 0 Å². The van der Waals surface area contributed by atoms with E-state index >= 15 is 0 Å². The van der Waals surface area contributed by atoms with Gasteiger partial charge in [-0.2, -0.15) is 0 Å². The molecule has 110 valence electrons. The van der Waals surface area contributed by atoms with Crippen LogP contribution in [0.5, 0.6) is 0 Å². The fraction of sp³-hybridized carbons (Fsp3) is 0.143. The first-order valence-corrected chi connectivity index (χ1v) is 6.22. The molecule has 0 atom stereocenters. The standard InChI is InChI=1S/C14H15FN4O2/c1-18(12-4-2-3-11(15)8-12)9-10-7-13(19(20)21)5-6-14(10)17-16/h2-8,17H,9,16H2,1H3. The summed E-state index contributed by atoms with van der Waals surface area (Å²) in [7, 11) is 1.77. The van der Waals surface area contributed by atoms with Crippen LogP contribution < -0.4 is 16.2 Å². The number of nitrogens with zero attached hydrogens (tertiary/aromatic N) is 2. The van der Waals surface area contributed by atoms with Gasteiger partial charge in [-0.1, -0.05) is 6.07 Å². The van der Waals surface area contributed by atoms with Crippen molar-refractivity contribution in [2.24, 2.45) is 5.84 Å². The maximum atomic E-state index is 13.2. The van der Waals surface area contributed by atoms with Crippen molar-refractivity contribution in [2.75, 3.05) is 17.4 Å². The zero-order chi connectivity index (χ0) is 15.4. The molecule has 0 bridgehead atoms. The normalized spacial score (nSPS) is 10.2. The summed E-state index contributed by atoms with van der Waals surface area (Å²) >= 11 is 0. The molecule has 3 N–H and O–H groups in total. The lowest BCUT2D eigenvalue weighted by molar-refractivity contribution is -0.384. The third-order valence-electron chi connectivity index (χ3n) is 3.11. The van der Waals surface area contributed by atoms with Gasteiger partial charge in [-0.25, -0.2) is 4.39 Å². The Bertz CT molecular complexity index is 663. The fourth-order valence-corrected chi connectivity index (χ4v) is 2.03. The first-order valence-electron chi connectivity index (χ1n) is 6.22. The Kier molecular flexibility index (Phi) is 4.34. The zero-order valence-electron chi connectivity index (χ0n) is 11.4. The highest BCUT2D eigenvalue weighted by Crippen LogP contribution is 2.24. The van der Waals surface area contributed by atoms with Crippen LogP contribution in [0.15, 0.2) is 42.5 Å². The van der Waals surface area contributed by atoms with Crippen LogP contribution in [-0.4, -0.2) is 12.0 Å². The topological polar surface area (TPSA) is 84.4 Å². The molecule has 2 aromatic carbocycles. The first kappa shape index (κ1) is 14.7. The molecule has 0 aliphatic heterocycles. The van der Waals surface area contributed by atoms with E-state index in [1.807, 2.05) is 0 Å². The molecule has 7 heteroatoms. The number of nitrogens with two attached hydrogens (primary N) is 1. The fourth-order valence-electron chi connectivity index (χ4n) is 2.03. The van der Waals surface area contributed by atoms with Gasteiger partial charge in [-0.3, -0.25) is 16.0 Å². The van der Waals surface area contributed by atoms with Gasteiger partial charge in [0, 0.05) is 37.0 Å². The van der Waals surface area contributed by atoms with E-state index in [-0.39, 0.29) is 11.5 Å². The SMILES string of the molecule is CN(Cc1cc([N+](=O)[O-])ccc1NN)c1cccc(F)c1. The number of nitrogen functional groups attached to an aromatic ring is 1. The Morgan fingerprint density at radius 1 is 1.33 bits per heavy atom. The van der Waals surface area contributed by atoms with E-state index in [1.54, 1.807) is 30.1 Å². The molecule has 0 unspecified atom stereocenters. The van der Waals surface area contributed by atoms with Crippen LogP contribution in [0, 0.1) is 15.9 Å². The molecular formula is C14H15FN4O2. The predicted molar refractivity (Wildman–Crippen MR) is 79.4 cm³/mol. The summed E-state index contributed by atoms with van der Waals surface area (Å²) < 4.78 is 13.2. The summed E-state index contributed by atoms with van der Waals surface area (Å²) in [6.45, 7) is 0.352. The molecule has 0 saturated heterocycles. The van der Waals surface area contributed by atoms with Crippen molar-refractivity contribution < 1.29 is 9.31 Å². The molecular weight excluding hydrogens is 275 g/mol. The van der Waals surface area contributed by atoms with Gasteiger partial charge in [0.05, 0.1) is 10.6 Å². The Morgan fingerprint density at radius 3 is 2.71 bits per heavy atom. The third kappa shape index (κ3) is 3.46. The van der Waals surface area contributed by atoms with Gasteiger partial charge >= 0.3 is 0 Å². The van der Waals surface area contributed by atoms with Gasteiger partial charge in [-0.05, 0) is 24.3 Å². The molecule has 6 nitrogen and oxygen atoms in total. The summed E-state index contributed by atoms with van der Waals surface area (Å²) in [5.41, 5.74) is 4.40. The minimum atomic E-state index is -0.466. The van der Waals surface area contributed by atoms with Crippen molar-refractivity contribution in [3.63, 3.8) is 0 Å². The molecule has 0 saturated carbocycles. The van der Waals surface area contributed by atoms with E-state index in [2.05, 4.69) is 5.43 Å². The monoisotopic (exact) mass is 290 g/mol.